The Hall–Kier alpha value is -3.86. The van der Waals surface area contributed by atoms with Crippen molar-refractivity contribution in [2.75, 3.05) is 17.7 Å². The standard InChI is InChI=1S/C22H22N8O2S/c1-13(18-25-20(23)27-21(26-18)24-14-8-4-3-5-9-14)33-22-29-28-19(30(22)2)17-12-31-15-10-6-7-11-16(15)32-17/h3-11,13,17H,12H2,1-2H3,(H3,23,24,25,26,27). The Morgan fingerprint density at radius 1 is 1.03 bits per heavy atom. The van der Waals surface area contributed by atoms with Crippen LogP contribution in [0.5, 0.6) is 11.5 Å². The molecular formula is C22H22N8O2S. The second kappa shape index (κ2) is 8.94. The first-order valence-corrected chi connectivity index (χ1v) is 11.2. The van der Waals surface area contributed by atoms with Crippen LogP contribution in [0, 0.1) is 0 Å². The molecule has 0 saturated heterocycles. The van der Waals surface area contributed by atoms with Gasteiger partial charge in [0, 0.05) is 12.7 Å². The lowest BCUT2D eigenvalue weighted by atomic mass is 10.2. The van der Waals surface area contributed by atoms with Crippen molar-refractivity contribution >= 4 is 29.3 Å². The van der Waals surface area contributed by atoms with Gasteiger partial charge in [0.15, 0.2) is 28.6 Å². The van der Waals surface area contributed by atoms with Crippen molar-refractivity contribution < 1.29 is 9.47 Å². The molecule has 3 heterocycles. The molecule has 2 aromatic heterocycles. The summed E-state index contributed by atoms with van der Waals surface area (Å²) in [4.78, 5) is 13.0. The molecule has 1 aliphatic heterocycles. The highest BCUT2D eigenvalue weighted by molar-refractivity contribution is 7.99. The molecule has 11 heteroatoms. The molecule has 4 aromatic rings. The van der Waals surface area contributed by atoms with E-state index < -0.39 is 0 Å². The number of aromatic nitrogens is 6. The number of nitrogens with zero attached hydrogens (tertiary/aromatic N) is 6. The van der Waals surface area contributed by atoms with Crippen molar-refractivity contribution in [2.45, 2.75) is 23.4 Å². The van der Waals surface area contributed by atoms with Crippen LogP contribution in [0.25, 0.3) is 0 Å². The normalized spacial score (nSPS) is 15.8. The van der Waals surface area contributed by atoms with Gasteiger partial charge in [-0.15, -0.1) is 10.2 Å². The van der Waals surface area contributed by atoms with Crippen LogP contribution in [0.1, 0.15) is 29.9 Å². The highest BCUT2D eigenvalue weighted by Crippen LogP contribution is 2.37. The Balaban J connectivity index is 1.32. The number of hydrogen-bond acceptors (Lipinski definition) is 10. The molecule has 0 saturated carbocycles. The van der Waals surface area contributed by atoms with Gasteiger partial charge in [-0.05, 0) is 31.2 Å². The molecule has 10 nitrogen and oxygen atoms in total. The third-order valence-electron chi connectivity index (χ3n) is 5.01. The maximum Gasteiger partial charge on any atom is 0.232 e. The monoisotopic (exact) mass is 462 g/mol. The Kier molecular flexibility index (Phi) is 5.69. The van der Waals surface area contributed by atoms with Gasteiger partial charge in [-0.3, -0.25) is 0 Å². The van der Waals surface area contributed by atoms with Crippen molar-refractivity contribution in [3.8, 4) is 11.5 Å². The van der Waals surface area contributed by atoms with Crippen LogP contribution in [0.15, 0.2) is 59.8 Å². The Bertz CT molecular complexity index is 1270. The van der Waals surface area contributed by atoms with E-state index in [4.69, 9.17) is 15.2 Å². The van der Waals surface area contributed by atoms with E-state index in [-0.39, 0.29) is 17.3 Å². The maximum atomic E-state index is 6.07. The van der Waals surface area contributed by atoms with Crippen molar-refractivity contribution in [1.29, 1.82) is 0 Å². The summed E-state index contributed by atoms with van der Waals surface area (Å²) in [6.45, 7) is 2.35. The fraction of sp³-hybridized carbons (Fsp3) is 0.227. The molecule has 0 amide bonds. The summed E-state index contributed by atoms with van der Waals surface area (Å²) < 4.78 is 13.8. The van der Waals surface area contributed by atoms with Crippen molar-refractivity contribution in [3.63, 3.8) is 0 Å². The van der Waals surface area contributed by atoms with Gasteiger partial charge in [-0.25, -0.2) is 0 Å². The number of nitrogen functional groups attached to an aromatic ring is 1. The highest BCUT2D eigenvalue weighted by Gasteiger charge is 2.28. The molecular weight excluding hydrogens is 440 g/mol. The second-order valence-corrected chi connectivity index (χ2v) is 8.70. The van der Waals surface area contributed by atoms with Gasteiger partial charge in [0.25, 0.3) is 0 Å². The largest absolute Gasteiger partial charge is 0.485 e. The number of rotatable bonds is 6. The van der Waals surface area contributed by atoms with E-state index in [1.165, 1.54) is 11.8 Å². The second-order valence-electron chi connectivity index (χ2n) is 7.39. The molecule has 3 N–H and O–H groups in total. The highest BCUT2D eigenvalue weighted by atomic mass is 32.2. The minimum absolute atomic E-state index is 0.147. The average molecular weight is 463 g/mol. The van der Waals surface area contributed by atoms with Gasteiger partial charge in [0.05, 0.1) is 5.25 Å². The first kappa shape index (κ1) is 21.0. The molecule has 0 fully saturated rings. The van der Waals surface area contributed by atoms with Crippen LogP contribution in [0.4, 0.5) is 17.6 Å². The third-order valence-corrected chi connectivity index (χ3v) is 6.14. The van der Waals surface area contributed by atoms with Crippen LogP contribution < -0.4 is 20.5 Å². The van der Waals surface area contributed by atoms with Crippen LogP contribution >= 0.6 is 11.8 Å². The van der Waals surface area contributed by atoms with E-state index in [1.54, 1.807) is 0 Å². The smallest absolute Gasteiger partial charge is 0.232 e. The molecule has 33 heavy (non-hydrogen) atoms. The lowest BCUT2D eigenvalue weighted by Crippen LogP contribution is -2.24. The van der Waals surface area contributed by atoms with E-state index in [2.05, 4.69) is 30.5 Å². The number of thioether (sulfide) groups is 1. The van der Waals surface area contributed by atoms with E-state index in [0.717, 1.165) is 11.4 Å². The van der Waals surface area contributed by atoms with Gasteiger partial charge in [-0.1, -0.05) is 42.1 Å². The SMILES string of the molecule is CC(Sc1nnc(C2COc3ccccc3O2)n1C)c1nc(N)nc(Nc2ccccc2)n1. The summed E-state index contributed by atoms with van der Waals surface area (Å²) >= 11 is 1.47. The minimum Gasteiger partial charge on any atom is -0.485 e. The number of nitrogens with one attached hydrogen (secondary N) is 1. The summed E-state index contributed by atoms with van der Waals surface area (Å²) in [6, 6.07) is 17.2. The Labute approximate surface area is 194 Å². The molecule has 2 atom stereocenters. The fourth-order valence-corrected chi connectivity index (χ4v) is 4.23. The molecule has 1 aliphatic rings. The fourth-order valence-electron chi connectivity index (χ4n) is 3.36. The van der Waals surface area contributed by atoms with Gasteiger partial charge >= 0.3 is 0 Å². The first-order valence-electron chi connectivity index (χ1n) is 10.3. The summed E-state index contributed by atoms with van der Waals surface area (Å²) in [7, 11) is 1.90. The van der Waals surface area contributed by atoms with E-state index in [1.807, 2.05) is 73.1 Å². The zero-order valence-corrected chi connectivity index (χ0v) is 18.9. The number of para-hydroxylation sites is 3. The third kappa shape index (κ3) is 4.53. The summed E-state index contributed by atoms with van der Waals surface area (Å²) in [5, 5.41) is 12.4. The zero-order valence-electron chi connectivity index (χ0n) is 18.0. The van der Waals surface area contributed by atoms with Crippen molar-refractivity contribution in [1.82, 2.24) is 29.7 Å². The first-order chi connectivity index (χ1) is 16.1. The van der Waals surface area contributed by atoms with E-state index >= 15 is 0 Å². The number of ether oxygens (including phenoxy) is 2. The van der Waals surface area contributed by atoms with Gasteiger partial charge < -0.3 is 25.1 Å². The molecule has 168 valence electrons. The maximum absolute atomic E-state index is 6.07. The number of hydrogen-bond donors (Lipinski definition) is 2. The van der Waals surface area contributed by atoms with E-state index in [0.29, 0.717) is 35.1 Å². The number of nitrogens with two attached hydrogens (primary N) is 1. The van der Waals surface area contributed by atoms with Crippen molar-refractivity contribution in [3.05, 3.63) is 66.2 Å². The van der Waals surface area contributed by atoms with Crippen LogP contribution in [0.3, 0.4) is 0 Å². The Morgan fingerprint density at radius 3 is 2.61 bits per heavy atom. The topological polar surface area (TPSA) is 126 Å². The van der Waals surface area contributed by atoms with Crippen LogP contribution in [-0.4, -0.2) is 36.3 Å². The molecule has 2 aromatic carbocycles. The molecule has 0 bridgehead atoms. The zero-order chi connectivity index (χ0) is 22.8. The lowest BCUT2D eigenvalue weighted by molar-refractivity contribution is 0.0825. The Morgan fingerprint density at radius 2 is 1.79 bits per heavy atom. The predicted octanol–water partition coefficient (Wildman–Crippen LogP) is 3.69. The lowest BCUT2D eigenvalue weighted by Gasteiger charge is -2.25. The molecule has 0 radical (unpaired) electrons. The van der Waals surface area contributed by atoms with Gasteiger partial charge in [0.1, 0.15) is 12.4 Å². The molecule has 5 rings (SSSR count). The molecule has 2 unspecified atom stereocenters. The predicted molar refractivity (Wildman–Crippen MR) is 125 cm³/mol. The van der Waals surface area contributed by atoms with Crippen LogP contribution in [0.2, 0.25) is 0 Å². The van der Waals surface area contributed by atoms with Gasteiger partial charge in [0.2, 0.25) is 11.9 Å². The summed E-state index contributed by atoms with van der Waals surface area (Å²) in [6.07, 6.45) is -0.350. The number of benzene rings is 2. The number of anilines is 3. The summed E-state index contributed by atoms with van der Waals surface area (Å²) in [5.74, 6) is 3.18. The molecule has 0 aliphatic carbocycles. The average Bonchev–Trinajstić information content (AvgIpc) is 3.19. The van der Waals surface area contributed by atoms with Crippen molar-refractivity contribution in [2.24, 2.45) is 7.05 Å². The minimum atomic E-state index is -0.350. The molecule has 0 spiro atoms. The number of fused-ring (bicyclic) bond motifs is 1. The quantitative estimate of drug-likeness (QED) is 0.410. The van der Waals surface area contributed by atoms with E-state index in [9.17, 15) is 0 Å². The summed E-state index contributed by atoms with van der Waals surface area (Å²) in [5.41, 5.74) is 6.80. The van der Waals surface area contributed by atoms with Crippen LogP contribution in [-0.2, 0) is 7.05 Å². The van der Waals surface area contributed by atoms with Gasteiger partial charge in [-0.2, -0.15) is 15.0 Å².